The predicted octanol–water partition coefficient (Wildman–Crippen LogP) is 5.51. The molecule has 9 heteroatoms. The Bertz CT molecular complexity index is 1120. The lowest BCUT2D eigenvalue weighted by Gasteiger charge is -2.21. The topological polar surface area (TPSA) is 85.6 Å². The molecule has 0 saturated carbocycles. The van der Waals surface area contributed by atoms with Crippen molar-refractivity contribution in [2.24, 2.45) is 10.2 Å². The SMILES string of the molecule is CCOC(=O)c1ccc2nc(/N=N/c3cc(OC)c(N4CCCC4)cc3OC)sc2c1. The van der Waals surface area contributed by atoms with Gasteiger partial charge in [-0.3, -0.25) is 0 Å². The molecule has 31 heavy (non-hydrogen) atoms. The van der Waals surface area contributed by atoms with E-state index in [0.29, 0.717) is 28.7 Å². The molecule has 3 aromatic rings. The van der Waals surface area contributed by atoms with E-state index < -0.39 is 0 Å². The number of carbonyl (C=O) groups excluding carboxylic acids is 1. The number of ether oxygens (including phenoxy) is 3. The van der Waals surface area contributed by atoms with Crippen LogP contribution in [0.15, 0.2) is 40.6 Å². The summed E-state index contributed by atoms with van der Waals surface area (Å²) in [5.41, 5.74) is 2.81. The number of methoxy groups -OCH3 is 2. The van der Waals surface area contributed by atoms with Crippen LogP contribution in [0.5, 0.6) is 11.5 Å². The maximum atomic E-state index is 12.0. The number of fused-ring (bicyclic) bond motifs is 1. The zero-order valence-corrected chi connectivity index (χ0v) is 18.6. The fourth-order valence-electron chi connectivity index (χ4n) is 3.54. The van der Waals surface area contributed by atoms with Crippen LogP contribution < -0.4 is 14.4 Å². The number of thiazole rings is 1. The standard InChI is InChI=1S/C22H24N4O4S/c1-4-30-21(27)14-7-8-15-20(11-14)31-22(23-15)25-24-16-12-19(29-3)17(13-18(16)28-2)26-9-5-6-10-26/h7-8,11-13H,4-6,9-10H2,1-3H3/b25-24+. The molecule has 4 rings (SSSR count). The molecular formula is C22H24N4O4S. The zero-order chi connectivity index (χ0) is 21.8. The van der Waals surface area contributed by atoms with E-state index in [2.05, 4.69) is 20.1 Å². The van der Waals surface area contributed by atoms with Crippen LogP contribution in [0.1, 0.15) is 30.1 Å². The second kappa shape index (κ2) is 9.30. The summed E-state index contributed by atoms with van der Waals surface area (Å²) in [7, 11) is 3.26. The summed E-state index contributed by atoms with van der Waals surface area (Å²) < 4.78 is 17.0. The van der Waals surface area contributed by atoms with Gasteiger partial charge < -0.3 is 19.1 Å². The van der Waals surface area contributed by atoms with Gasteiger partial charge in [0, 0.05) is 25.2 Å². The molecule has 0 amide bonds. The largest absolute Gasteiger partial charge is 0.494 e. The van der Waals surface area contributed by atoms with E-state index in [-0.39, 0.29) is 5.97 Å². The highest BCUT2D eigenvalue weighted by molar-refractivity contribution is 7.21. The Hall–Kier alpha value is -3.20. The third-order valence-corrected chi connectivity index (χ3v) is 5.96. The molecular weight excluding hydrogens is 416 g/mol. The number of carbonyl (C=O) groups is 1. The van der Waals surface area contributed by atoms with Gasteiger partial charge in [-0.05, 0) is 38.0 Å². The molecule has 0 bridgehead atoms. The van der Waals surface area contributed by atoms with Crippen LogP contribution >= 0.6 is 11.3 Å². The van der Waals surface area contributed by atoms with Gasteiger partial charge in [-0.25, -0.2) is 9.78 Å². The first kappa shape index (κ1) is 21.0. The van der Waals surface area contributed by atoms with Crippen molar-refractivity contribution in [3.05, 3.63) is 35.9 Å². The fraction of sp³-hybridized carbons (Fsp3) is 0.364. The normalized spacial score (nSPS) is 13.8. The number of azo groups is 1. The van der Waals surface area contributed by atoms with Crippen LogP contribution in [0, 0.1) is 0 Å². The minimum atomic E-state index is -0.351. The van der Waals surface area contributed by atoms with Crippen LogP contribution in [-0.4, -0.2) is 44.9 Å². The van der Waals surface area contributed by atoms with E-state index >= 15 is 0 Å². The number of anilines is 1. The highest BCUT2D eigenvalue weighted by atomic mass is 32.1. The van der Waals surface area contributed by atoms with Gasteiger partial charge in [0.05, 0.1) is 42.3 Å². The molecule has 0 N–H and O–H groups in total. The monoisotopic (exact) mass is 440 g/mol. The van der Waals surface area contributed by atoms with Gasteiger partial charge in [0.25, 0.3) is 0 Å². The molecule has 8 nitrogen and oxygen atoms in total. The molecule has 0 atom stereocenters. The Morgan fingerprint density at radius 2 is 1.87 bits per heavy atom. The average Bonchev–Trinajstić information content (AvgIpc) is 3.46. The number of hydrogen-bond acceptors (Lipinski definition) is 9. The number of hydrogen-bond donors (Lipinski definition) is 0. The summed E-state index contributed by atoms with van der Waals surface area (Å²) in [5.74, 6) is 1.01. The van der Waals surface area contributed by atoms with E-state index in [4.69, 9.17) is 14.2 Å². The van der Waals surface area contributed by atoms with Gasteiger partial charge in [0.15, 0.2) is 0 Å². The maximum Gasteiger partial charge on any atom is 0.338 e. The van der Waals surface area contributed by atoms with Crippen molar-refractivity contribution in [3.8, 4) is 11.5 Å². The first-order chi connectivity index (χ1) is 15.1. The Labute approximate surface area is 184 Å². The van der Waals surface area contributed by atoms with Gasteiger partial charge >= 0.3 is 5.97 Å². The van der Waals surface area contributed by atoms with Crippen molar-refractivity contribution < 1.29 is 19.0 Å². The minimum absolute atomic E-state index is 0.334. The van der Waals surface area contributed by atoms with Gasteiger partial charge in [-0.2, -0.15) is 0 Å². The van der Waals surface area contributed by atoms with E-state index in [1.807, 2.05) is 12.1 Å². The zero-order valence-electron chi connectivity index (χ0n) is 17.8. The number of aromatic nitrogens is 1. The van der Waals surface area contributed by atoms with E-state index in [0.717, 1.165) is 34.7 Å². The molecule has 2 aromatic carbocycles. The van der Waals surface area contributed by atoms with Gasteiger partial charge in [0.1, 0.15) is 17.2 Å². The van der Waals surface area contributed by atoms with Crippen LogP contribution in [-0.2, 0) is 4.74 Å². The van der Waals surface area contributed by atoms with Gasteiger partial charge in [-0.1, -0.05) is 11.3 Å². The second-order valence-corrected chi connectivity index (χ2v) is 8.00. The molecule has 1 aliphatic rings. The molecule has 0 spiro atoms. The minimum Gasteiger partial charge on any atom is -0.494 e. The summed E-state index contributed by atoms with van der Waals surface area (Å²) in [6, 6.07) is 9.03. The maximum absolute atomic E-state index is 12.0. The van der Waals surface area contributed by atoms with Gasteiger partial charge in [0.2, 0.25) is 5.13 Å². The Morgan fingerprint density at radius 1 is 1.10 bits per heavy atom. The summed E-state index contributed by atoms with van der Waals surface area (Å²) in [6.07, 6.45) is 2.34. The smallest absolute Gasteiger partial charge is 0.338 e. The van der Waals surface area contributed by atoms with Crippen molar-refractivity contribution in [3.63, 3.8) is 0 Å². The van der Waals surface area contributed by atoms with E-state index in [9.17, 15) is 4.79 Å². The Morgan fingerprint density at radius 3 is 2.58 bits per heavy atom. The van der Waals surface area contributed by atoms with E-state index in [1.165, 1.54) is 24.2 Å². The van der Waals surface area contributed by atoms with E-state index in [1.54, 1.807) is 39.3 Å². The first-order valence-corrected chi connectivity index (χ1v) is 10.9. The molecule has 1 aliphatic heterocycles. The molecule has 0 unspecified atom stereocenters. The second-order valence-electron chi connectivity index (χ2n) is 6.99. The number of nitrogens with zero attached hydrogens (tertiary/aromatic N) is 4. The predicted molar refractivity (Wildman–Crippen MR) is 121 cm³/mol. The van der Waals surface area contributed by atoms with Gasteiger partial charge in [-0.15, -0.1) is 10.2 Å². The summed E-state index contributed by atoms with van der Waals surface area (Å²) in [4.78, 5) is 18.7. The van der Waals surface area contributed by atoms with Crippen LogP contribution in [0.25, 0.3) is 10.2 Å². The summed E-state index contributed by atoms with van der Waals surface area (Å²) in [6.45, 7) is 4.11. The third-order valence-electron chi connectivity index (χ3n) is 5.06. The van der Waals surface area contributed by atoms with Crippen LogP contribution in [0.2, 0.25) is 0 Å². The van der Waals surface area contributed by atoms with Crippen LogP contribution in [0.4, 0.5) is 16.5 Å². The quantitative estimate of drug-likeness (QED) is 0.356. The summed E-state index contributed by atoms with van der Waals surface area (Å²) in [5, 5.41) is 9.15. The lowest BCUT2D eigenvalue weighted by atomic mass is 10.2. The average molecular weight is 441 g/mol. The van der Waals surface area contributed by atoms with Crippen LogP contribution in [0.3, 0.4) is 0 Å². The highest BCUT2D eigenvalue weighted by Crippen LogP contribution is 2.42. The molecule has 0 aliphatic carbocycles. The number of esters is 1. The Balaban J connectivity index is 1.62. The molecule has 1 aromatic heterocycles. The highest BCUT2D eigenvalue weighted by Gasteiger charge is 2.20. The van der Waals surface area contributed by atoms with Crippen molar-refractivity contribution in [1.29, 1.82) is 0 Å². The van der Waals surface area contributed by atoms with Crippen molar-refractivity contribution in [2.75, 3.05) is 38.8 Å². The molecule has 1 saturated heterocycles. The van der Waals surface area contributed by atoms with Crippen molar-refractivity contribution in [2.45, 2.75) is 19.8 Å². The van der Waals surface area contributed by atoms with Crippen molar-refractivity contribution >= 4 is 44.0 Å². The number of rotatable bonds is 7. The fourth-order valence-corrected chi connectivity index (χ4v) is 4.37. The molecule has 162 valence electrons. The third kappa shape index (κ3) is 4.46. The lowest BCUT2D eigenvalue weighted by Crippen LogP contribution is -2.18. The van der Waals surface area contributed by atoms with Crippen molar-refractivity contribution in [1.82, 2.24) is 4.98 Å². The lowest BCUT2D eigenvalue weighted by molar-refractivity contribution is 0.0526. The molecule has 1 fully saturated rings. The first-order valence-electron chi connectivity index (χ1n) is 10.1. The number of benzene rings is 2. The Kier molecular flexibility index (Phi) is 6.31. The molecule has 0 radical (unpaired) electrons. The molecule has 2 heterocycles. The summed E-state index contributed by atoms with van der Waals surface area (Å²) >= 11 is 1.35.